The molecule has 3 heterocycles. The molecule has 1 saturated carbocycles. The van der Waals surface area contributed by atoms with Crippen LogP contribution in [0.1, 0.15) is 56.8 Å². The molecular formula is C18H23ClN4O4S2. The first-order valence-electron chi connectivity index (χ1n) is 9.83. The Morgan fingerprint density at radius 1 is 1.14 bits per heavy atom. The van der Waals surface area contributed by atoms with Gasteiger partial charge in [0.05, 0.1) is 4.34 Å². The predicted octanol–water partition coefficient (Wildman–Crippen LogP) is 3.87. The fourth-order valence-corrected chi connectivity index (χ4v) is 7.04. The number of carbonyl (C=O) groups is 1. The number of thiophene rings is 1. The van der Waals surface area contributed by atoms with Crippen molar-refractivity contribution in [3.05, 3.63) is 22.4 Å². The Morgan fingerprint density at radius 2 is 1.86 bits per heavy atom. The Labute approximate surface area is 178 Å². The zero-order valence-electron chi connectivity index (χ0n) is 15.8. The van der Waals surface area contributed by atoms with E-state index in [-0.39, 0.29) is 41.1 Å². The van der Waals surface area contributed by atoms with E-state index in [1.807, 2.05) is 0 Å². The van der Waals surface area contributed by atoms with E-state index in [4.69, 9.17) is 16.0 Å². The summed E-state index contributed by atoms with van der Waals surface area (Å²) in [6, 6.07) is 3.21. The summed E-state index contributed by atoms with van der Waals surface area (Å²) in [5, 5.41) is 10.7. The molecule has 0 bridgehead atoms. The van der Waals surface area contributed by atoms with Gasteiger partial charge in [0.2, 0.25) is 11.8 Å². The summed E-state index contributed by atoms with van der Waals surface area (Å²) in [7, 11) is -3.56. The van der Waals surface area contributed by atoms with Crippen LogP contribution in [-0.4, -0.2) is 41.9 Å². The third kappa shape index (κ3) is 4.65. The Bertz CT molecular complexity index is 960. The fraction of sp³-hybridized carbons (Fsp3) is 0.611. The minimum atomic E-state index is -3.56. The minimum Gasteiger partial charge on any atom is -0.408 e. The average molecular weight is 459 g/mol. The van der Waals surface area contributed by atoms with Crippen molar-refractivity contribution in [2.45, 2.75) is 55.1 Å². The number of hydrogen-bond acceptors (Lipinski definition) is 7. The number of halogens is 1. The Kier molecular flexibility index (Phi) is 6.24. The first-order chi connectivity index (χ1) is 13.9. The Hall–Kier alpha value is -1.49. The molecule has 1 aliphatic carbocycles. The number of aromatic nitrogens is 2. The molecule has 2 fully saturated rings. The maximum atomic E-state index is 12.7. The van der Waals surface area contributed by atoms with Crippen LogP contribution >= 0.6 is 22.9 Å². The van der Waals surface area contributed by atoms with Gasteiger partial charge in [0.1, 0.15) is 4.21 Å². The molecule has 0 radical (unpaired) electrons. The third-order valence-electron chi connectivity index (χ3n) is 5.59. The molecule has 158 valence electrons. The number of sulfonamides is 1. The molecule has 0 atom stereocenters. The SMILES string of the molecule is O=C(Nc1nnc(C2CCCCC2)o1)C1CCN(S(=O)(=O)c2ccc(Cl)s2)CC1. The topological polar surface area (TPSA) is 105 Å². The van der Waals surface area contributed by atoms with Crippen LogP contribution in [0.4, 0.5) is 6.01 Å². The second kappa shape index (κ2) is 8.71. The predicted molar refractivity (Wildman–Crippen MR) is 110 cm³/mol. The van der Waals surface area contributed by atoms with Crippen LogP contribution in [-0.2, 0) is 14.8 Å². The lowest BCUT2D eigenvalue weighted by atomic mass is 9.89. The normalized spacial score (nSPS) is 20.0. The van der Waals surface area contributed by atoms with Gasteiger partial charge in [0.15, 0.2) is 0 Å². The second-order valence-electron chi connectivity index (χ2n) is 7.51. The van der Waals surface area contributed by atoms with Crippen LogP contribution in [0.2, 0.25) is 4.34 Å². The highest BCUT2D eigenvalue weighted by molar-refractivity contribution is 7.91. The van der Waals surface area contributed by atoms with E-state index in [0.29, 0.717) is 23.1 Å². The molecule has 2 aromatic heterocycles. The van der Waals surface area contributed by atoms with Crippen molar-refractivity contribution in [1.82, 2.24) is 14.5 Å². The van der Waals surface area contributed by atoms with Gasteiger partial charge in [-0.25, -0.2) is 8.42 Å². The van der Waals surface area contributed by atoms with Gasteiger partial charge in [-0.3, -0.25) is 10.1 Å². The average Bonchev–Trinajstić information content (AvgIpc) is 3.38. The van der Waals surface area contributed by atoms with Gasteiger partial charge in [-0.15, -0.1) is 16.4 Å². The molecule has 0 unspecified atom stereocenters. The van der Waals surface area contributed by atoms with Crippen LogP contribution in [0, 0.1) is 5.92 Å². The van der Waals surface area contributed by atoms with Gasteiger partial charge in [-0.05, 0) is 37.8 Å². The maximum absolute atomic E-state index is 12.7. The van der Waals surface area contributed by atoms with Crippen LogP contribution in [0.3, 0.4) is 0 Å². The van der Waals surface area contributed by atoms with Crippen molar-refractivity contribution in [2.75, 3.05) is 18.4 Å². The zero-order valence-corrected chi connectivity index (χ0v) is 18.2. The lowest BCUT2D eigenvalue weighted by Crippen LogP contribution is -2.41. The molecule has 1 aliphatic heterocycles. The highest BCUT2D eigenvalue weighted by atomic mass is 35.5. The lowest BCUT2D eigenvalue weighted by molar-refractivity contribution is -0.121. The first-order valence-corrected chi connectivity index (χ1v) is 12.5. The van der Waals surface area contributed by atoms with Crippen molar-refractivity contribution >= 4 is 44.9 Å². The van der Waals surface area contributed by atoms with Crippen molar-refractivity contribution in [3.63, 3.8) is 0 Å². The molecule has 29 heavy (non-hydrogen) atoms. The first kappa shape index (κ1) is 20.8. The number of nitrogens with zero attached hydrogens (tertiary/aromatic N) is 3. The molecule has 1 amide bonds. The molecule has 8 nitrogen and oxygen atoms in total. The summed E-state index contributed by atoms with van der Waals surface area (Å²) in [5.74, 6) is 0.370. The van der Waals surface area contributed by atoms with Gasteiger partial charge in [-0.2, -0.15) is 4.31 Å². The highest BCUT2D eigenvalue weighted by Crippen LogP contribution is 2.33. The van der Waals surface area contributed by atoms with E-state index < -0.39 is 10.0 Å². The lowest BCUT2D eigenvalue weighted by Gasteiger charge is -2.29. The van der Waals surface area contributed by atoms with E-state index in [2.05, 4.69) is 15.5 Å². The summed E-state index contributed by atoms with van der Waals surface area (Å²) in [6.45, 7) is 0.570. The number of hydrogen-bond donors (Lipinski definition) is 1. The van der Waals surface area contributed by atoms with Gasteiger partial charge in [0, 0.05) is 24.9 Å². The second-order valence-corrected chi connectivity index (χ2v) is 11.4. The van der Waals surface area contributed by atoms with Crippen LogP contribution in [0.5, 0.6) is 0 Å². The minimum absolute atomic E-state index is 0.124. The van der Waals surface area contributed by atoms with Crippen molar-refractivity contribution in [2.24, 2.45) is 5.92 Å². The Balaban J connectivity index is 1.32. The Morgan fingerprint density at radius 3 is 2.52 bits per heavy atom. The summed E-state index contributed by atoms with van der Waals surface area (Å²) in [5.41, 5.74) is 0. The summed E-state index contributed by atoms with van der Waals surface area (Å²) in [4.78, 5) is 12.6. The van der Waals surface area contributed by atoms with Gasteiger partial charge >= 0.3 is 6.01 Å². The molecule has 1 N–H and O–H groups in total. The molecule has 1 saturated heterocycles. The van der Waals surface area contributed by atoms with E-state index in [0.717, 1.165) is 37.0 Å². The van der Waals surface area contributed by atoms with E-state index >= 15 is 0 Å². The molecule has 4 rings (SSSR count). The van der Waals surface area contributed by atoms with E-state index in [1.165, 1.54) is 16.8 Å². The monoisotopic (exact) mass is 458 g/mol. The number of amides is 1. The molecule has 2 aliphatic rings. The summed E-state index contributed by atoms with van der Waals surface area (Å²) < 4.78 is 33.1. The van der Waals surface area contributed by atoms with Crippen molar-refractivity contribution in [3.8, 4) is 0 Å². The van der Waals surface area contributed by atoms with E-state index in [1.54, 1.807) is 6.07 Å². The van der Waals surface area contributed by atoms with Gasteiger partial charge in [-0.1, -0.05) is 36.0 Å². The van der Waals surface area contributed by atoms with Crippen molar-refractivity contribution in [1.29, 1.82) is 0 Å². The smallest absolute Gasteiger partial charge is 0.322 e. The van der Waals surface area contributed by atoms with Gasteiger partial charge in [0.25, 0.3) is 10.0 Å². The summed E-state index contributed by atoms with van der Waals surface area (Å²) in [6.07, 6.45) is 6.52. The maximum Gasteiger partial charge on any atom is 0.322 e. The third-order valence-corrected chi connectivity index (χ3v) is 9.19. The largest absolute Gasteiger partial charge is 0.408 e. The molecule has 0 spiro atoms. The molecule has 2 aromatic rings. The van der Waals surface area contributed by atoms with Crippen LogP contribution < -0.4 is 5.32 Å². The quantitative estimate of drug-likeness (QED) is 0.728. The molecule has 0 aromatic carbocycles. The zero-order chi connectivity index (χ0) is 20.4. The van der Waals surface area contributed by atoms with Crippen LogP contribution in [0.15, 0.2) is 20.8 Å². The number of carbonyl (C=O) groups excluding carboxylic acids is 1. The summed E-state index contributed by atoms with van der Waals surface area (Å²) >= 11 is 6.90. The number of nitrogens with one attached hydrogen (secondary N) is 1. The number of rotatable bonds is 5. The van der Waals surface area contributed by atoms with Gasteiger partial charge < -0.3 is 4.42 Å². The molecular weight excluding hydrogens is 436 g/mol. The van der Waals surface area contributed by atoms with E-state index in [9.17, 15) is 13.2 Å². The molecule has 11 heteroatoms. The standard InChI is InChI=1S/C18H23ClN4O4S2/c19-14-6-7-15(28-14)29(25,26)23-10-8-12(9-11-23)16(24)20-18-22-21-17(27-18)13-4-2-1-3-5-13/h6-7,12-13H,1-5,8-11H2,(H,20,22,24). The fourth-order valence-electron chi connectivity index (χ4n) is 3.93. The number of piperidine rings is 1. The number of anilines is 1. The highest BCUT2D eigenvalue weighted by Gasteiger charge is 2.33. The van der Waals surface area contributed by atoms with Crippen molar-refractivity contribution < 1.29 is 17.6 Å². The van der Waals surface area contributed by atoms with Crippen LogP contribution in [0.25, 0.3) is 0 Å².